The van der Waals surface area contributed by atoms with Crippen molar-refractivity contribution in [2.24, 2.45) is 0 Å². The van der Waals surface area contributed by atoms with Gasteiger partial charge in [-0.3, -0.25) is 0 Å². The van der Waals surface area contributed by atoms with Crippen LogP contribution in [0.4, 0.5) is 0 Å². The summed E-state index contributed by atoms with van der Waals surface area (Å²) in [7, 11) is 0.762. The first-order valence-corrected chi connectivity index (χ1v) is 7.40. The predicted octanol–water partition coefficient (Wildman–Crippen LogP) is -0.208. The number of rotatable bonds is 2. The van der Waals surface area contributed by atoms with Gasteiger partial charge in [-0.1, -0.05) is 18.6 Å². The van der Waals surface area contributed by atoms with Gasteiger partial charge in [-0.2, -0.15) is 0 Å². The second kappa shape index (κ2) is 3.21. The monoisotopic (exact) mass is 169 g/mol. The van der Waals surface area contributed by atoms with E-state index in [0.717, 1.165) is 5.16 Å². The maximum Gasteiger partial charge on any atom is 0.0878 e. The normalized spacial score (nSPS) is 17.0. The molecule has 2 atom stereocenters. The average Bonchev–Trinajstić information content (AvgIpc) is 2.36. The van der Waals surface area contributed by atoms with Crippen LogP contribution >= 0.6 is 0 Å². The minimum atomic E-state index is -0.579. The van der Waals surface area contributed by atoms with E-state index in [1.165, 1.54) is 15.6 Å². The molecule has 1 rings (SSSR count). The van der Waals surface area contributed by atoms with Crippen molar-refractivity contribution in [1.82, 2.24) is 4.98 Å². The molecule has 3 heteroatoms. The van der Waals surface area contributed by atoms with Crippen LogP contribution in [0.2, 0.25) is 11.7 Å². The van der Waals surface area contributed by atoms with Crippen molar-refractivity contribution in [1.29, 1.82) is 0 Å². The fourth-order valence-electron chi connectivity index (χ4n) is 0.987. The van der Waals surface area contributed by atoms with Crippen LogP contribution in [-0.4, -0.2) is 24.0 Å². The van der Waals surface area contributed by atoms with Gasteiger partial charge in [0.15, 0.2) is 0 Å². The van der Waals surface area contributed by atoms with E-state index in [1.54, 1.807) is 0 Å². The molecule has 56 valence electrons. The molecular weight excluding hydrogens is 154 g/mol. The molecule has 10 heavy (non-hydrogen) atoms. The summed E-state index contributed by atoms with van der Waals surface area (Å²) < 4.78 is 0. The summed E-state index contributed by atoms with van der Waals surface area (Å²) in [5.41, 5.74) is 0. The molecule has 0 aliphatic heterocycles. The van der Waals surface area contributed by atoms with E-state index in [1.807, 2.05) is 6.20 Å². The zero-order valence-corrected chi connectivity index (χ0v) is 10.0. The molecule has 0 amide bonds. The minimum absolute atomic E-state index is 0.579. The zero-order chi connectivity index (χ0) is 7.56. The summed E-state index contributed by atoms with van der Waals surface area (Å²) in [5, 5.41) is 2.51. The van der Waals surface area contributed by atoms with Crippen molar-refractivity contribution < 1.29 is 0 Å². The van der Waals surface area contributed by atoms with Crippen LogP contribution in [0.15, 0.2) is 18.3 Å². The SMILES string of the molecule is CC([SiH3])[SiH](C)c1ccc[nH]1. The quantitative estimate of drug-likeness (QED) is 0.590. The van der Waals surface area contributed by atoms with Crippen LogP contribution in [0.3, 0.4) is 0 Å². The van der Waals surface area contributed by atoms with Gasteiger partial charge in [0, 0.05) is 16.4 Å². The van der Waals surface area contributed by atoms with Gasteiger partial charge in [-0.25, -0.2) is 0 Å². The summed E-state index contributed by atoms with van der Waals surface area (Å²) in [4.78, 5) is 3.30. The largest absolute Gasteiger partial charge is 0.369 e. The molecule has 0 spiro atoms. The summed E-state index contributed by atoms with van der Waals surface area (Å²) in [6.07, 6.45) is 2.03. The third-order valence-corrected chi connectivity index (χ3v) is 8.45. The Bertz CT molecular complexity index is 181. The first-order valence-electron chi connectivity index (χ1n) is 3.85. The third kappa shape index (κ3) is 1.61. The van der Waals surface area contributed by atoms with Gasteiger partial charge in [0.05, 0.1) is 8.80 Å². The van der Waals surface area contributed by atoms with Gasteiger partial charge in [0.1, 0.15) is 0 Å². The minimum Gasteiger partial charge on any atom is -0.369 e. The Kier molecular flexibility index (Phi) is 2.51. The molecule has 0 fully saturated rings. The van der Waals surface area contributed by atoms with Crippen molar-refractivity contribution in [2.45, 2.75) is 18.6 Å². The topological polar surface area (TPSA) is 15.8 Å². The van der Waals surface area contributed by atoms with E-state index < -0.39 is 8.80 Å². The number of hydrogen-bond acceptors (Lipinski definition) is 0. The Balaban J connectivity index is 2.68. The van der Waals surface area contributed by atoms with Crippen molar-refractivity contribution in [3.8, 4) is 0 Å². The van der Waals surface area contributed by atoms with Gasteiger partial charge < -0.3 is 4.98 Å². The number of H-pyrrole nitrogens is 1. The van der Waals surface area contributed by atoms with Crippen LogP contribution < -0.4 is 5.32 Å². The highest BCUT2D eigenvalue weighted by molar-refractivity contribution is 6.77. The molecule has 2 unspecified atom stereocenters. The Labute approximate surface area is 66.9 Å². The van der Waals surface area contributed by atoms with Gasteiger partial charge in [-0.05, 0) is 17.4 Å². The van der Waals surface area contributed by atoms with Crippen LogP contribution in [0.5, 0.6) is 0 Å². The van der Waals surface area contributed by atoms with Crippen molar-refractivity contribution in [2.75, 3.05) is 0 Å². The van der Waals surface area contributed by atoms with Crippen LogP contribution in [0, 0.1) is 0 Å². The van der Waals surface area contributed by atoms with E-state index in [9.17, 15) is 0 Å². The highest BCUT2D eigenvalue weighted by Gasteiger charge is 2.11. The van der Waals surface area contributed by atoms with E-state index in [4.69, 9.17) is 0 Å². The fourth-order valence-corrected chi connectivity index (χ4v) is 3.56. The van der Waals surface area contributed by atoms with Gasteiger partial charge in [-0.15, -0.1) is 0 Å². The predicted molar refractivity (Wildman–Crippen MR) is 52.8 cm³/mol. The maximum absolute atomic E-state index is 3.30. The molecule has 0 saturated heterocycles. The number of aromatic amines is 1. The van der Waals surface area contributed by atoms with E-state index in [-0.39, 0.29) is 0 Å². The molecule has 0 bridgehead atoms. The lowest BCUT2D eigenvalue weighted by atomic mass is 10.7. The highest BCUT2D eigenvalue weighted by Crippen LogP contribution is 2.01. The fraction of sp³-hybridized carbons (Fsp3) is 0.429. The second-order valence-electron chi connectivity index (χ2n) is 3.16. The molecule has 1 aromatic heterocycles. The zero-order valence-electron chi connectivity index (χ0n) is 6.89. The van der Waals surface area contributed by atoms with Crippen LogP contribution in [0.1, 0.15) is 6.92 Å². The van der Waals surface area contributed by atoms with E-state index in [2.05, 4.69) is 30.6 Å². The molecule has 1 aromatic rings. The van der Waals surface area contributed by atoms with Crippen molar-refractivity contribution >= 4 is 24.4 Å². The van der Waals surface area contributed by atoms with Crippen molar-refractivity contribution in [3.63, 3.8) is 0 Å². The molecule has 1 nitrogen and oxygen atoms in total. The Morgan fingerprint density at radius 1 is 1.70 bits per heavy atom. The van der Waals surface area contributed by atoms with E-state index >= 15 is 0 Å². The van der Waals surface area contributed by atoms with Gasteiger partial charge in [0.2, 0.25) is 0 Å². The summed E-state index contributed by atoms with van der Waals surface area (Å²) in [6.45, 7) is 4.79. The third-order valence-electron chi connectivity index (χ3n) is 2.11. The number of nitrogens with one attached hydrogen (secondary N) is 1. The Morgan fingerprint density at radius 2 is 2.40 bits per heavy atom. The maximum atomic E-state index is 3.30. The molecule has 0 aliphatic rings. The lowest BCUT2D eigenvalue weighted by Gasteiger charge is -2.10. The Hall–Kier alpha value is -0.286. The Morgan fingerprint density at radius 3 is 2.80 bits per heavy atom. The number of aromatic nitrogens is 1. The standard InChI is InChI=1S/C7H15NSi2/c1-6(9)10(2)7-4-3-5-8-7/h3-6,8,10H,1-2,9H3. The highest BCUT2D eigenvalue weighted by atomic mass is 28.3. The first-order chi connectivity index (χ1) is 4.72. The number of hydrogen-bond donors (Lipinski definition) is 1. The molecule has 0 radical (unpaired) electrons. The van der Waals surface area contributed by atoms with Crippen LogP contribution in [-0.2, 0) is 0 Å². The average molecular weight is 169 g/mol. The van der Waals surface area contributed by atoms with E-state index in [0.29, 0.717) is 0 Å². The molecular formula is C7H15NSi2. The summed E-state index contributed by atoms with van der Waals surface area (Å²) in [5.74, 6) is 0. The van der Waals surface area contributed by atoms with Gasteiger partial charge in [0.25, 0.3) is 0 Å². The molecule has 0 saturated carbocycles. The molecule has 1 heterocycles. The second-order valence-corrected chi connectivity index (χ2v) is 9.85. The lowest BCUT2D eigenvalue weighted by molar-refractivity contribution is 1.30. The first kappa shape index (κ1) is 7.82. The van der Waals surface area contributed by atoms with Gasteiger partial charge >= 0.3 is 0 Å². The van der Waals surface area contributed by atoms with Crippen molar-refractivity contribution in [3.05, 3.63) is 18.3 Å². The lowest BCUT2D eigenvalue weighted by Crippen LogP contribution is -2.31. The van der Waals surface area contributed by atoms with Crippen LogP contribution in [0.25, 0.3) is 0 Å². The smallest absolute Gasteiger partial charge is 0.0878 e. The molecule has 1 N–H and O–H groups in total. The summed E-state index contributed by atoms with van der Waals surface area (Å²) >= 11 is 0. The summed E-state index contributed by atoms with van der Waals surface area (Å²) in [6, 6.07) is 4.33. The molecule has 0 aliphatic carbocycles. The molecule has 0 aromatic carbocycles.